The lowest BCUT2D eigenvalue weighted by Gasteiger charge is -2.09. The second-order valence-electron chi connectivity index (χ2n) is 9.25. The summed E-state index contributed by atoms with van der Waals surface area (Å²) in [6.45, 7) is 0. The van der Waals surface area contributed by atoms with Crippen molar-refractivity contribution in [3.8, 4) is 33.8 Å². The maximum Gasteiger partial charge on any atom is 0.228 e. The van der Waals surface area contributed by atoms with Gasteiger partial charge in [0.15, 0.2) is 11.5 Å². The molecular formula is C30H20FN7O2. The standard InChI is InChI=1S/C30H20FN7O2/c31-26-21(19-13-20(15-32-14-19)34-24(39)12-17-4-2-1-3-5-17)6-7-23-25(26)28(38-37-23)30-35-27-22(18-9-11-40-16-18)8-10-33-29(27)36-30/h1-11,13-16H,12H2,(H,34,39)(H,37,38)(H,33,35,36). The molecule has 9 nitrogen and oxygen atoms in total. The minimum Gasteiger partial charge on any atom is -0.472 e. The number of nitrogens with one attached hydrogen (secondary N) is 3. The second kappa shape index (κ2) is 9.59. The van der Waals surface area contributed by atoms with Crippen LogP contribution >= 0.6 is 0 Å². The number of imidazole rings is 1. The van der Waals surface area contributed by atoms with Gasteiger partial charge >= 0.3 is 0 Å². The number of halogens is 1. The van der Waals surface area contributed by atoms with E-state index in [0.717, 1.165) is 16.7 Å². The maximum atomic E-state index is 16.1. The Kier molecular flexibility index (Phi) is 5.63. The van der Waals surface area contributed by atoms with Crippen molar-refractivity contribution >= 4 is 33.7 Å². The largest absolute Gasteiger partial charge is 0.472 e. The Morgan fingerprint density at radius 2 is 1.90 bits per heavy atom. The Hall–Kier alpha value is -5.64. The summed E-state index contributed by atoms with van der Waals surface area (Å²) in [6, 6.07) is 18.2. The molecule has 0 fully saturated rings. The average molecular weight is 530 g/mol. The number of carbonyl (C=O) groups is 1. The zero-order valence-corrected chi connectivity index (χ0v) is 20.9. The van der Waals surface area contributed by atoms with Crippen LogP contribution in [-0.4, -0.2) is 36.0 Å². The summed E-state index contributed by atoms with van der Waals surface area (Å²) in [5.74, 6) is -0.299. The Morgan fingerprint density at radius 1 is 1.00 bits per heavy atom. The molecule has 40 heavy (non-hydrogen) atoms. The zero-order valence-electron chi connectivity index (χ0n) is 20.9. The summed E-state index contributed by atoms with van der Waals surface area (Å²) in [5.41, 5.74) is 5.92. The highest BCUT2D eigenvalue weighted by molar-refractivity contribution is 5.98. The first kappa shape index (κ1) is 23.5. The summed E-state index contributed by atoms with van der Waals surface area (Å²) < 4.78 is 21.4. The van der Waals surface area contributed by atoms with Gasteiger partial charge in [-0.2, -0.15) is 5.10 Å². The zero-order chi connectivity index (χ0) is 27.1. The van der Waals surface area contributed by atoms with Crippen LogP contribution in [-0.2, 0) is 11.2 Å². The molecule has 1 amide bonds. The fourth-order valence-electron chi connectivity index (χ4n) is 4.79. The van der Waals surface area contributed by atoms with Gasteiger partial charge in [0.1, 0.15) is 11.5 Å². The SMILES string of the molecule is O=C(Cc1ccccc1)Nc1cncc(-c2ccc3[nH]nc(-c4nc5nccc(-c6ccoc6)c5[nH]4)c3c2F)c1. The number of aromatic amines is 2. The third-order valence-corrected chi connectivity index (χ3v) is 6.66. The highest BCUT2D eigenvalue weighted by Gasteiger charge is 2.21. The van der Waals surface area contributed by atoms with Gasteiger partial charge in [0.25, 0.3) is 0 Å². The minimum absolute atomic E-state index is 0.188. The average Bonchev–Trinajstić information content (AvgIpc) is 3.73. The van der Waals surface area contributed by atoms with Gasteiger partial charge < -0.3 is 14.7 Å². The predicted molar refractivity (Wildman–Crippen MR) is 149 cm³/mol. The number of fused-ring (bicyclic) bond motifs is 2. The number of hydrogen-bond acceptors (Lipinski definition) is 6. The van der Waals surface area contributed by atoms with Crippen LogP contribution in [0.1, 0.15) is 5.56 Å². The molecule has 0 saturated heterocycles. The third kappa shape index (κ3) is 4.17. The number of hydrogen-bond donors (Lipinski definition) is 3. The number of aromatic nitrogens is 6. The number of nitrogens with zero attached hydrogens (tertiary/aromatic N) is 4. The molecule has 7 rings (SSSR count). The lowest BCUT2D eigenvalue weighted by molar-refractivity contribution is -0.115. The molecule has 2 aromatic carbocycles. The van der Waals surface area contributed by atoms with E-state index in [1.54, 1.807) is 43.1 Å². The molecule has 0 aliphatic carbocycles. The molecule has 0 atom stereocenters. The summed E-state index contributed by atoms with van der Waals surface area (Å²) in [6.07, 6.45) is 8.20. The van der Waals surface area contributed by atoms with Crippen molar-refractivity contribution in [1.29, 1.82) is 0 Å². The molecular weight excluding hydrogens is 509 g/mol. The molecule has 7 aromatic rings. The fraction of sp³-hybridized carbons (Fsp3) is 0.0333. The fourth-order valence-corrected chi connectivity index (χ4v) is 4.79. The van der Waals surface area contributed by atoms with Crippen molar-refractivity contribution in [1.82, 2.24) is 30.1 Å². The monoisotopic (exact) mass is 529 g/mol. The molecule has 10 heteroatoms. The number of rotatable bonds is 6. The van der Waals surface area contributed by atoms with Crippen LogP contribution in [0.2, 0.25) is 0 Å². The number of furan rings is 1. The predicted octanol–water partition coefficient (Wildman–Crippen LogP) is 6.14. The van der Waals surface area contributed by atoms with E-state index < -0.39 is 5.82 Å². The van der Waals surface area contributed by atoms with Crippen LogP contribution in [0.3, 0.4) is 0 Å². The van der Waals surface area contributed by atoms with Gasteiger partial charge in [-0.15, -0.1) is 0 Å². The number of H-pyrrole nitrogens is 2. The van der Waals surface area contributed by atoms with Crippen LogP contribution in [0.25, 0.3) is 55.8 Å². The summed E-state index contributed by atoms with van der Waals surface area (Å²) in [5, 5.41) is 10.4. The number of amides is 1. The Bertz CT molecular complexity index is 2000. The van der Waals surface area contributed by atoms with Crippen LogP contribution in [0, 0.1) is 5.82 Å². The Labute approximate surface area is 226 Å². The number of carbonyl (C=O) groups excluding carboxylic acids is 1. The first-order chi connectivity index (χ1) is 19.6. The number of pyridine rings is 2. The van der Waals surface area contributed by atoms with E-state index in [-0.39, 0.29) is 17.7 Å². The summed E-state index contributed by atoms with van der Waals surface area (Å²) >= 11 is 0. The van der Waals surface area contributed by atoms with Crippen LogP contribution in [0.4, 0.5) is 10.1 Å². The van der Waals surface area contributed by atoms with Crippen molar-refractivity contribution in [3.05, 3.63) is 103 Å². The Balaban J connectivity index is 1.24. The molecule has 5 heterocycles. The molecule has 0 spiro atoms. The van der Waals surface area contributed by atoms with E-state index in [9.17, 15) is 4.79 Å². The third-order valence-electron chi connectivity index (χ3n) is 6.66. The molecule has 0 aliphatic heterocycles. The van der Waals surface area contributed by atoms with Gasteiger partial charge in [-0.1, -0.05) is 30.3 Å². The maximum absolute atomic E-state index is 16.1. The van der Waals surface area contributed by atoms with Gasteiger partial charge in [0, 0.05) is 34.6 Å². The van der Waals surface area contributed by atoms with Gasteiger partial charge in [-0.25, -0.2) is 14.4 Å². The van der Waals surface area contributed by atoms with E-state index in [2.05, 4.69) is 35.5 Å². The molecule has 0 radical (unpaired) electrons. The first-order valence-electron chi connectivity index (χ1n) is 12.5. The van der Waals surface area contributed by atoms with E-state index in [1.165, 1.54) is 6.20 Å². The highest BCUT2D eigenvalue weighted by atomic mass is 19.1. The normalized spacial score (nSPS) is 11.3. The van der Waals surface area contributed by atoms with Crippen molar-refractivity contribution in [3.63, 3.8) is 0 Å². The highest BCUT2D eigenvalue weighted by Crippen LogP contribution is 2.35. The molecule has 0 bridgehead atoms. The van der Waals surface area contributed by atoms with E-state index in [0.29, 0.717) is 45.0 Å². The van der Waals surface area contributed by atoms with Crippen molar-refractivity contribution in [2.45, 2.75) is 6.42 Å². The summed E-state index contributed by atoms with van der Waals surface area (Å²) in [7, 11) is 0. The second-order valence-corrected chi connectivity index (χ2v) is 9.25. The smallest absolute Gasteiger partial charge is 0.228 e. The van der Waals surface area contributed by atoms with Gasteiger partial charge in [-0.3, -0.25) is 14.9 Å². The van der Waals surface area contributed by atoms with Crippen LogP contribution in [0.15, 0.2) is 96.2 Å². The van der Waals surface area contributed by atoms with Crippen LogP contribution in [0.5, 0.6) is 0 Å². The first-order valence-corrected chi connectivity index (χ1v) is 12.5. The molecule has 5 aromatic heterocycles. The van der Waals surface area contributed by atoms with Gasteiger partial charge in [0.05, 0.1) is 47.3 Å². The van der Waals surface area contributed by atoms with Gasteiger partial charge in [0.2, 0.25) is 5.91 Å². The van der Waals surface area contributed by atoms with Crippen molar-refractivity contribution < 1.29 is 13.6 Å². The Morgan fingerprint density at radius 3 is 2.75 bits per heavy atom. The van der Waals surface area contributed by atoms with E-state index in [1.807, 2.05) is 42.5 Å². The topological polar surface area (TPSA) is 125 Å². The molecule has 0 unspecified atom stereocenters. The van der Waals surface area contributed by atoms with Crippen molar-refractivity contribution in [2.75, 3.05) is 5.32 Å². The number of benzene rings is 2. The molecule has 0 saturated carbocycles. The quantitative estimate of drug-likeness (QED) is 0.238. The van der Waals surface area contributed by atoms with Gasteiger partial charge in [-0.05, 0) is 35.9 Å². The lowest BCUT2D eigenvalue weighted by Crippen LogP contribution is -2.14. The lowest BCUT2D eigenvalue weighted by atomic mass is 10.0. The molecule has 0 aliphatic rings. The van der Waals surface area contributed by atoms with E-state index >= 15 is 4.39 Å². The number of anilines is 1. The van der Waals surface area contributed by atoms with Crippen LogP contribution < -0.4 is 5.32 Å². The molecule has 3 N–H and O–H groups in total. The summed E-state index contributed by atoms with van der Waals surface area (Å²) in [4.78, 5) is 29.0. The molecule has 194 valence electrons. The van der Waals surface area contributed by atoms with E-state index in [4.69, 9.17) is 4.42 Å². The minimum atomic E-state index is -0.487. The van der Waals surface area contributed by atoms with Crippen molar-refractivity contribution in [2.24, 2.45) is 0 Å².